The van der Waals surface area contributed by atoms with E-state index in [9.17, 15) is 14.4 Å². The summed E-state index contributed by atoms with van der Waals surface area (Å²) in [5.74, 6) is -1.24. The van der Waals surface area contributed by atoms with Crippen LogP contribution in [0.5, 0.6) is 0 Å². The van der Waals surface area contributed by atoms with Gasteiger partial charge in [0.25, 0.3) is 17.7 Å². The normalized spacial score (nSPS) is 14.6. The van der Waals surface area contributed by atoms with Crippen molar-refractivity contribution in [3.05, 3.63) is 59.7 Å². The predicted molar refractivity (Wildman–Crippen MR) is 99.4 cm³/mol. The molecule has 2 aromatic carbocycles. The number of nitrogens with zero attached hydrogens (tertiary/aromatic N) is 3. The zero-order chi connectivity index (χ0) is 18.4. The first-order chi connectivity index (χ1) is 12.5. The molecule has 1 aromatic heterocycles. The van der Waals surface area contributed by atoms with Gasteiger partial charge in [-0.3, -0.25) is 24.2 Å². The Kier molecular flexibility index (Phi) is 3.81. The first kappa shape index (κ1) is 16.4. The summed E-state index contributed by atoms with van der Waals surface area (Å²) in [4.78, 5) is 44.9. The molecule has 6 nitrogen and oxygen atoms in total. The molecule has 1 aliphatic rings. The van der Waals surface area contributed by atoms with Crippen molar-refractivity contribution in [2.45, 2.75) is 13.0 Å². The van der Waals surface area contributed by atoms with Crippen LogP contribution in [-0.2, 0) is 4.79 Å². The van der Waals surface area contributed by atoms with Gasteiger partial charge in [0, 0.05) is 7.05 Å². The fraction of sp³-hybridized carbons (Fsp3) is 0.158. The summed E-state index contributed by atoms with van der Waals surface area (Å²) in [6, 6.07) is 13.3. The van der Waals surface area contributed by atoms with Crippen LogP contribution >= 0.6 is 11.3 Å². The topological polar surface area (TPSA) is 70.6 Å². The van der Waals surface area contributed by atoms with E-state index >= 15 is 0 Å². The Labute approximate surface area is 153 Å². The number of fused-ring (bicyclic) bond motifs is 2. The van der Waals surface area contributed by atoms with E-state index in [2.05, 4.69) is 4.98 Å². The van der Waals surface area contributed by atoms with E-state index in [-0.39, 0.29) is 5.91 Å². The van der Waals surface area contributed by atoms with Gasteiger partial charge in [-0.15, -0.1) is 0 Å². The Morgan fingerprint density at radius 3 is 2.23 bits per heavy atom. The third-order valence-electron chi connectivity index (χ3n) is 4.47. The second kappa shape index (κ2) is 6.03. The van der Waals surface area contributed by atoms with Crippen molar-refractivity contribution in [2.24, 2.45) is 0 Å². The van der Waals surface area contributed by atoms with Crippen molar-refractivity contribution in [1.82, 2.24) is 9.88 Å². The van der Waals surface area contributed by atoms with Gasteiger partial charge >= 0.3 is 0 Å². The number of thiazole rings is 1. The highest BCUT2D eigenvalue weighted by molar-refractivity contribution is 7.22. The lowest BCUT2D eigenvalue weighted by atomic mass is 10.1. The van der Waals surface area contributed by atoms with Gasteiger partial charge in [-0.2, -0.15) is 0 Å². The second-order valence-electron chi connectivity index (χ2n) is 6.06. The summed E-state index contributed by atoms with van der Waals surface area (Å²) in [5.41, 5.74) is 1.47. The zero-order valence-electron chi connectivity index (χ0n) is 14.2. The molecular formula is C19H15N3O3S. The van der Waals surface area contributed by atoms with E-state index in [1.165, 1.54) is 16.2 Å². The first-order valence-corrected chi connectivity index (χ1v) is 8.90. The molecule has 0 fully saturated rings. The minimum absolute atomic E-state index is 0.333. The minimum Gasteiger partial charge on any atom is -0.289 e. The lowest BCUT2D eigenvalue weighted by Gasteiger charge is -2.25. The third kappa shape index (κ3) is 2.40. The number of rotatable bonds is 3. The minimum atomic E-state index is -0.917. The Hall–Kier alpha value is -3.06. The van der Waals surface area contributed by atoms with E-state index in [4.69, 9.17) is 0 Å². The molecule has 130 valence electrons. The van der Waals surface area contributed by atoms with Gasteiger partial charge in [0.05, 0.1) is 21.3 Å². The number of para-hydroxylation sites is 1. The molecule has 26 heavy (non-hydrogen) atoms. The Morgan fingerprint density at radius 1 is 1.04 bits per heavy atom. The molecule has 4 rings (SSSR count). The van der Waals surface area contributed by atoms with Crippen molar-refractivity contribution >= 4 is 44.4 Å². The molecule has 0 aliphatic carbocycles. The number of anilines is 1. The van der Waals surface area contributed by atoms with Crippen LogP contribution in [0.25, 0.3) is 10.2 Å². The Morgan fingerprint density at radius 2 is 1.62 bits per heavy atom. The maximum Gasteiger partial charge on any atom is 0.262 e. The van der Waals surface area contributed by atoms with Crippen molar-refractivity contribution in [3.63, 3.8) is 0 Å². The summed E-state index contributed by atoms with van der Waals surface area (Å²) in [6.07, 6.45) is 0. The number of carbonyl (C=O) groups is 3. The molecule has 0 saturated heterocycles. The molecule has 2 heterocycles. The van der Waals surface area contributed by atoms with E-state index in [0.717, 1.165) is 15.1 Å². The highest BCUT2D eigenvalue weighted by atomic mass is 32.1. The largest absolute Gasteiger partial charge is 0.289 e. The lowest BCUT2D eigenvalue weighted by Crippen LogP contribution is -2.48. The van der Waals surface area contributed by atoms with Crippen molar-refractivity contribution in [3.8, 4) is 0 Å². The van der Waals surface area contributed by atoms with E-state index < -0.39 is 17.9 Å². The second-order valence-corrected chi connectivity index (χ2v) is 7.07. The molecule has 0 saturated carbocycles. The van der Waals surface area contributed by atoms with Crippen LogP contribution in [0.15, 0.2) is 48.5 Å². The summed E-state index contributed by atoms with van der Waals surface area (Å²) in [7, 11) is 1.61. The number of aromatic nitrogens is 1. The molecule has 0 radical (unpaired) electrons. The fourth-order valence-electron chi connectivity index (χ4n) is 3.05. The highest BCUT2D eigenvalue weighted by Gasteiger charge is 2.41. The summed E-state index contributed by atoms with van der Waals surface area (Å²) in [6.45, 7) is 1.56. The van der Waals surface area contributed by atoms with Crippen LogP contribution in [0.4, 0.5) is 5.13 Å². The first-order valence-electron chi connectivity index (χ1n) is 8.09. The average molecular weight is 365 g/mol. The van der Waals surface area contributed by atoms with Crippen LogP contribution in [0, 0.1) is 0 Å². The van der Waals surface area contributed by atoms with Crippen LogP contribution in [-0.4, -0.2) is 40.7 Å². The van der Waals surface area contributed by atoms with Crippen molar-refractivity contribution in [2.75, 3.05) is 11.9 Å². The van der Waals surface area contributed by atoms with Gasteiger partial charge in [0.15, 0.2) is 5.13 Å². The van der Waals surface area contributed by atoms with E-state index in [1.54, 1.807) is 38.2 Å². The molecular weight excluding hydrogens is 350 g/mol. The highest BCUT2D eigenvalue weighted by Crippen LogP contribution is 2.30. The molecule has 0 unspecified atom stereocenters. The summed E-state index contributed by atoms with van der Waals surface area (Å²) >= 11 is 1.39. The van der Waals surface area contributed by atoms with Gasteiger partial charge in [-0.05, 0) is 31.2 Å². The molecule has 1 aliphatic heterocycles. The number of hydrogen-bond donors (Lipinski definition) is 0. The molecule has 0 N–H and O–H groups in total. The van der Waals surface area contributed by atoms with E-state index in [0.29, 0.717) is 16.3 Å². The van der Waals surface area contributed by atoms with Gasteiger partial charge in [0.1, 0.15) is 6.04 Å². The zero-order valence-corrected chi connectivity index (χ0v) is 15.0. The van der Waals surface area contributed by atoms with Crippen molar-refractivity contribution < 1.29 is 14.4 Å². The van der Waals surface area contributed by atoms with Crippen molar-refractivity contribution in [1.29, 1.82) is 0 Å². The summed E-state index contributed by atoms with van der Waals surface area (Å²) < 4.78 is 0.968. The number of imide groups is 1. The average Bonchev–Trinajstić information content (AvgIpc) is 3.20. The number of hydrogen-bond acceptors (Lipinski definition) is 5. The van der Waals surface area contributed by atoms with Gasteiger partial charge in [-0.1, -0.05) is 35.6 Å². The van der Waals surface area contributed by atoms with Gasteiger partial charge in [0.2, 0.25) is 0 Å². The fourth-order valence-corrected chi connectivity index (χ4v) is 3.98. The van der Waals surface area contributed by atoms with Crippen LogP contribution in [0.3, 0.4) is 0 Å². The van der Waals surface area contributed by atoms with Gasteiger partial charge < -0.3 is 0 Å². The smallest absolute Gasteiger partial charge is 0.262 e. The van der Waals surface area contributed by atoms with Gasteiger partial charge in [-0.25, -0.2) is 4.98 Å². The van der Waals surface area contributed by atoms with Crippen LogP contribution in [0.1, 0.15) is 27.6 Å². The monoisotopic (exact) mass is 365 g/mol. The number of amides is 3. The van der Waals surface area contributed by atoms with Crippen LogP contribution < -0.4 is 4.90 Å². The standard InChI is InChI=1S/C19H15N3O3S/c1-11(22-17(24)12-7-3-4-8-13(12)18(22)25)16(23)21(2)19-20-14-9-5-6-10-15(14)26-19/h3-11H,1-2H3/t11-/m1/s1. The Balaban J connectivity index is 1.62. The molecule has 7 heteroatoms. The quantitative estimate of drug-likeness (QED) is 0.669. The Bertz CT molecular complexity index is 991. The summed E-state index contributed by atoms with van der Waals surface area (Å²) in [5, 5.41) is 0.527. The SMILES string of the molecule is C[C@H](C(=O)N(C)c1nc2ccccc2s1)N1C(=O)c2ccccc2C1=O. The number of likely N-dealkylation sites (N-methyl/N-ethyl adjacent to an activating group) is 1. The maximum atomic E-state index is 12.9. The van der Waals surface area contributed by atoms with Crippen LogP contribution in [0.2, 0.25) is 0 Å². The number of carbonyl (C=O) groups excluding carboxylic acids is 3. The third-order valence-corrected chi connectivity index (χ3v) is 5.58. The predicted octanol–water partition coefficient (Wildman–Crippen LogP) is 2.94. The maximum absolute atomic E-state index is 12.9. The molecule has 3 aromatic rings. The molecule has 0 bridgehead atoms. The number of benzene rings is 2. The molecule has 3 amide bonds. The molecule has 1 atom stereocenters. The van der Waals surface area contributed by atoms with E-state index in [1.807, 2.05) is 24.3 Å². The molecule has 0 spiro atoms. The lowest BCUT2D eigenvalue weighted by molar-refractivity contribution is -0.121.